The van der Waals surface area contributed by atoms with Crippen LogP contribution in [0.25, 0.3) is 0 Å². The van der Waals surface area contributed by atoms with Gasteiger partial charge in [0.25, 0.3) is 0 Å². The lowest BCUT2D eigenvalue weighted by atomic mass is 10.1. The summed E-state index contributed by atoms with van der Waals surface area (Å²) in [4.78, 5) is 29.1. The molecule has 2 rings (SSSR count). The van der Waals surface area contributed by atoms with Crippen LogP contribution in [0.3, 0.4) is 0 Å². The first-order valence-corrected chi connectivity index (χ1v) is 6.37. The third kappa shape index (κ3) is 2.82. The molecule has 0 aliphatic carbocycles. The largest absolute Gasteiger partial charge is 0.477 e. The SMILES string of the molecule is NC(=O)CC(c1cnc(N)[nH]1)n1cc(Br)cc1C(=O)O. The van der Waals surface area contributed by atoms with E-state index >= 15 is 0 Å². The summed E-state index contributed by atoms with van der Waals surface area (Å²) in [5.74, 6) is -1.50. The zero-order valence-corrected chi connectivity index (χ0v) is 11.8. The standard InChI is InChI=1S/C11H12BrN5O3/c12-5-1-8(10(19)20)17(4-5)7(2-9(13)18)6-3-15-11(14)16-6/h1,3-4,7H,2H2,(H2,13,18)(H,19,20)(H3,14,15,16). The Labute approximate surface area is 121 Å². The number of imidazole rings is 1. The number of primary amides is 1. The average Bonchev–Trinajstić information content (AvgIpc) is 2.92. The van der Waals surface area contributed by atoms with Crippen molar-refractivity contribution < 1.29 is 14.7 Å². The number of H-pyrrole nitrogens is 1. The molecule has 1 unspecified atom stereocenters. The van der Waals surface area contributed by atoms with Crippen molar-refractivity contribution in [3.8, 4) is 0 Å². The van der Waals surface area contributed by atoms with Gasteiger partial charge in [0.15, 0.2) is 5.95 Å². The number of aromatic amines is 1. The summed E-state index contributed by atoms with van der Waals surface area (Å²) in [6.45, 7) is 0. The topological polar surface area (TPSA) is 140 Å². The van der Waals surface area contributed by atoms with E-state index in [-0.39, 0.29) is 18.1 Å². The molecule has 0 saturated heterocycles. The van der Waals surface area contributed by atoms with Crippen LogP contribution in [0.2, 0.25) is 0 Å². The van der Waals surface area contributed by atoms with E-state index in [9.17, 15) is 14.7 Å². The van der Waals surface area contributed by atoms with Gasteiger partial charge in [0, 0.05) is 10.7 Å². The number of halogens is 1. The molecule has 2 heterocycles. The van der Waals surface area contributed by atoms with Gasteiger partial charge in [-0.2, -0.15) is 0 Å². The van der Waals surface area contributed by atoms with Crippen LogP contribution in [0.15, 0.2) is 22.9 Å². The molecule has 1 atom stereocenters. The average molecular weight is 342 g/mol. The van der Waals surface area contributed by atoms with Gasteiger partial charge in [-0.15, -0.1) is 0 Å². The Kier molecular flexibility index (Phi) is 3.79. The fourth-order valence-corrected chi connectivity index (χ4v) is 2.38. The number of aromatic nitrogens is 3. The van der Waals surface area contributed by atoms with E-state index in [0.717, 1.165) is 0 Å². The highest BCUT2D eigenvalue weighted by atomic mass is 79.9. The van der Waals surface area contributed by atoms with Gasteiger partial charge >= 0.3 is 5.97 Å². The smallest absolute Gasteiger partial charge is 0.352 e. The van der Waals surface area contributed by atoms with E-state index < -0.39 is 17.9 Å². The second-order valence-electron chi connectivity index (χ2n) is 4.17. The number of nitrogen functional groups attached to an aromatic ring is 1. The highest BCUT2D eigenvalue weighted by molar-refractivity contribution is 9.10. The number of anilines is 1. The first kappa shape index (κ1) is 14.1. The maximum atomic E-state index is 11.3. The first-order valence-electron chi connectivity index (χ1n) is 5.58. The Morgan fingerprint density at radius 2 is 2.25 bits per heavy atom. The number of nitrogens with two attached hydrogens (primary N) is 2. The molecule has 9 heteroatoms. The van der Waals surface area contributed by atoms with Crippen molar-refractivity contribution in [2.75, 3.05) is 5.73 Å². The molecule has 0 bridgehead atoms. The summed E-state index contributed by atoms with van der Waals surface area (Å²) < 4.78 is 2.02. The van der Waals surface area contributed by atoms with Gasteiger partial charge in [-0.3, -0.25) is 4.79 Å². The van der Waals surface area contributed by atoms with Gasteiger partial charge in [-0.1, -0.05) is 0 Å². The molecule has 106 valence electrons. The van der Waals surface area contributed by atoms with Crippen molar-refractivity contribution >= 4 is 33.8 Å². The lowest BCUT2D eigenvalue weighted by Crippen LogP contribution is -2.22. The summed E-state index contributed by atoms with van der Waals surface area (Å²) in [5, 5.41) is 9.21. The molecule has 0 spiro atoms. The molecule has 0 saturated carbocycles. The first-order chi connectivity index (χ1) is 9.38. The number of carboxylic acid groups (broad SMARTS) is 1. The maximum Gasteiger partial charge on any atom is 0.352 e. The van der Waals surface area contributed by atoms with Crippen LogP contribution in [0.5, 0.6) is 0 Å². The summed E-state index contributed by atoms with van der Waals surface area (Å²) >= 11 is 3.21. The van der Waals surface area contributed by atoms with E-state index in [1.165, 1.54) is 16.8 Å². The maximum absolute atomic E-state index is 11.3. The Morgan fingerprint density at radius 1 is 1.55 bits per heavy atom. The third-order valence-electron chi connectivity index (χ3n) is 2.74. The molecular weight excluding hydrogens is 330 g/mol. The van der Waals surface area contributed by atoms with Crippen LogP contribution in [0, 0.1) is 0 Å². The Hall–Kier alpha value is -2.29. The van der Waals surface area contributed by atoms with Crippen molar-refractivity contribution in [1.82, 2.24) is 14.5 Å². The molecular formula is C11H12BrN5O3. The highest BCUT2D eigenvalue weighted by Gasteiger charge is 2.24. The quantitative estimate of drug-likeness (QED) is 0.634. The summed E-state index contributed by atoms with van der Waals surface area (Å²) in [6.07, 6.45) is 2.93. The number of rotatable bonds is 5. The van der Waals surface area contributed by atoms with Gasteiger partial charge in [0.2, 0.25) is 5.91 Å². The second kappa shape index (κ2) is 5.37. The molecule has 0 aliphatic rings. The predicted octanol–water partition coefficient (Wildman–Crippen LogP) is 0.719. The molecule has 0 radical (unpaired) electrons. The van der Waals surface area contributed by atoms with Crippen LogP contribution >= 0.6 is 15.9 Å². The zero-order valence-electron chi connectivity index (χ0n) is 10.2. The molecule has 2 aromatic rings. The Balaban J connectivity index is 2.51. The van der Waals surface area contributed by atoms with Crippen LogP contribution in [-0.4, -0.2) is 31.5 Å². The molecule has 6 N–H and O–H groups in total. The van der Waals surface area contributed by atoms with Crippen LogP contribution in [0.1, 0.15) is 28.6 Å². The monoisotopic (exact) mass is 341 g/mol. The number of carbonyl (C=O) groups excluding carboxylic acids is 1. The van der Waals surface area contributed by atoms with E-state index in [4.69, 9.17) is 11.5 Å². The van der Waals surface area contributed by atoms with E-state index in [1.54, 1.807) is 6.20 Å². The Morgan fingerprint density at radius 3 is 2.75 bits per heavy atom. The fourth-order valence-electron chi connectivity index (χ4n) is 1.94. The number of aromatic carboxylic acids is 1. The highest BCUT2D eigenvalue weighted by Crippen LogP contribution is 2.26. The summed E-state index contributed by atoms with van der Waals surface area (Å²) in [5.41, 5.74) is 11.3. The minimum Gasteiger partial charge on any atom is -0.477 e. The van der Waals surface area contributed by atoms with Crippen LogP contribution in [-0.2, 0) is 4.79 Å². The van der Waals surface area contributed by atoms with Crippen LogP contribution in [0.4, 0.5) is 5.95 Å². The summed E-state index contributed by atoms with van der Waals surface area (Å²) in [6, 6.07) is 0.825. The van der Waals surface area contributed by atoms with Gasteiger partial charge in [-0.25, -0.2) is 9.78 Å². The molecule has 0 aliphatic heterocycles. The number of carbonyl (C=O) groups is 2. The molecule has 8 nitrogen and oxygen atoms in total. The molecule has 2 aromatic heterocycles. The van der Waals surface area contributed by atoms with Crippen molar-refractivity contribution in [1.29, 1.82) is 0 Å². The number of nitrogens with zero attached hydrogens (tertiary/aromatic N) is 2. The number of carboxylic acids is 1. The molecule has 0 aromatic carbocycles. The molecule has 20 heavy (non-hydrogen) atoms. The minimum absolute atomic E-state index is 0.0243. The van der Waals surface area contributed by atoms with Crippen molar-refractivity contribution in [3.63, 3.8) is 0 Å². The van der Waals surface area contributed by atoms with E-state index in [0.29, 0.717) is 10.2 Å². The number of nitrogens with one attached hydrogen (secondary N) is 1. The van der Waals surface area contributed by atoms with Gasteiger partial charge in [0.05, 0.1) is 24.4 Å². The normalized spacial score (nSPS) is 12.2. The zero-order chi connectivity index (χ0) is 14.9. The predicted molar refractivity (Wildman–Crippen MR) is 74.0 cm³/mol. The van der Waals surface area contributed by atoms with Crippen molar-refractivity contribution in [3.05, 3.63) is 34.3 Å². The van der Waals surface area contributed by atoms with Crippen molar-refractivity contribution in [2.45, 2.75) is 12.5 Å². The minimum atomic E-state index is -1.11. The van der Waals surface area contributed by atoms with Gasteiger partial charge < -0.3 is 26.1 Å². The van der Waals surface area contributed by atoms with Crippen LogP contribution < -0.4 is 11.5 Å². The fraction of sp³-hybridized carbons (Fsp3) is 0.182. The third-order valence-corrected chi connectivity index (χ3v) is 3.17. The molecule has 1 amide bonds. The Bertz CT molecular complexity index is 663. The van der Waals surface area contributed by atoms with E-state index in [1.807, 2.05) is 0 Å². The second-order valence-corrected chi connectivity index (χ2v) is 5.08. The van der Waals surface area contributed by atoms with Gasteiger partial charge in [0.1, 0.15) is 5.69 Å². The van der Waals surface area contributed by atoms with Crippen molar-refractivity contribution in [2.24, 2.45) is 5.73 Å². The number of hydrogen-bond donors (Lipinski definition) is 4. The number of hydrogen-bond acceptors (Lipinski definition) is 4. The summed E-state index contributed by atoms with van der Waals surface area (Å²) in [7, 11) is 0. The van der Waals surface area contributed by atoms with E-state index in [2.05, 4.69) is 25.9 Å². The van der Waals surface area contributed by atoms with Gasteiger partial charge in [-0.05, 0) is 22.0 Å². The lowest BCUT2D eigenvalue weighted by molar-refractivity contribution is -0.118. The molecule has 0 fully saturated rings. The lowest BCUT2D eigenvalue weighted by Gasteiger charge is -2.17. The number of amides is 1.